The molecule has 0 radical (unpaired) electrons. The number of allylic oxidation sites excluding steroid dienone is 2. The van der Waals surface area contributed by atoms with Crippen molar-refractivity contribution in [1.29, 1.82) is 0 Å². The first kappa shape index (κ1) is 10.8. The van der Waals surface area contributed by atoms with Crippen molar-refractivity contribution in [3.05, 3.63) is 11.6 Å². The van der Waals surface area contributed by atoms with Crippen LogP contribution < -0.4 is 0 Å². The average Bonchev–Trinajstić information content (AvgIpc) is 2.04. The number of rotatable bonds is 6. The summed E-state index contributed by atoms with van der Waals surface area (Å²) in [5, 5.41) is 1.75. The maximum absolute atomic E-state index is 4.78. The SMILES string of the molecule is CCCCCCC=C(C)C=S. The third-order valence-corrected chi connectivity index (χ3v) is 2.08. The smallest absolute Gasteiger partial charge is 0.00396 e. The number of unbranched alkanes of at least 4 members (excludes halogenated alkanes) is 4. The molecule has 1 heteroatoms. The van der Waals surface area contributed by atoms with E-state index in [4.69, 9.17) is 12.2 Å². The van der Waals surface area contributed by atoms with E-state index >= 15 is 0 Å². The standard InChI is InChI=1S/C10H18S/c1-3-4-5-6-7-8-10(2)9-11/h8-9H,3-7H2,1-2H3. The lowest BCUT2D eigenvalue weighted by Crippen LogP contribution is -1.77. The van der Waals surface area contributed by atoms with Gasteiger partial charge < -0.3 is 0 Å². The summed E-state index contributed by atoms with van der Waals surface area (Å²) in [5.41, 5.74) is 1.23. The van der Waals surface area contributed by atoms with Gasteiger partial charge in [-0.15, -0.1) is 0 Å². The van der Waals surface area contributed by atoms with Crippen molar-refractivity contribution in [3.8, 4) is 0 Å². The number of hydrogen-bond acceptors (Lipinski definition) is 1. The molecule has 0 fully saturated rings. The van der Waals surface area contributed by atoms with E-state index in [0.717, 1.165) is 0 Å². The predicted molar refractivity (Wildman–Crippen MR) is 56.2 cm³/mol. The van der Waals surface area contributed by atoms with E-state index in [0.29, 0.717) is 0 Å². The van der Waals surface area contributed by atoms with E-state index in [9.17, 15) is 0 Å². The van der Waals surface area contributed by atoms with Crippen LogP contribution in [0.3, 0.4) is 0 Å². The Labute approximate surface area is 75.7 Å². The minimum absolute atomic E-state index is 1.19. The fourth-order valence-electron chi connectivity index (χ4n) is 0.949. The normalized spacial score (nSPS) is 11.6. The summed E-state index contributed by atoms with van der Waals surface area (Å²) in [5.74, 6) is 0. The third kappa shape index (κ3) is 7.73. The summed E-state index contributed by atoms with van der Waals surface area (Å²) in [6.45, 7) is 4.30. The first-order chi connectivity index (χ1) is 5.31. The maximum Gasteiger partial charge on any atom is 0.00396 e. The monoisotopic (exact) mass is 170 g/mol. The fourth-order valence-corrected chi connectivity index (χ4v) is 1.05. The zero-order chi connectivity index (χ0) is 8.53. The van der Waals surface area contributed by atoms with E-state index in [-0.39, 0.29) is 0 Å². The molecule has 0 nitrogen and oxygen atoms in total. The minimum Gasteiger partial charge on any atom is -0.0885 e. The van der Waals surface area contributed by atoms with Gasteiger partial charge in [-0.05, 0) is 25.3 Å². The lowest BCUT2D eigenvalue weighted by atomic mass is 10.1. The van der Waals surface area contributed by atoms with Gasteiger partial charge in [0, 0.05) is 5.37 Å². The van der Waals surface area contributed by atoms with Crippen LogP contribution >= 0.6 is 12.2 Å². The van der Waals surface area contributed by atoms with Crippen LogP contribution in [0.2, 0.25) is 0 Å². The Morgan fingerprint density at radius 1 is 1.27 bits per heavy atom. The first-order valence-electron chi connectivity index (χ1n) is 4.43. The molecule has 0 N–H and O–H groups in total. The molecule has 0 unspecified atom stereocenters. The summed E-state index contributed by atoms with van der Waals surface area (Å²) >= 11 is 4.78. The van der Waals surface area contributed by atoms with Crippen LogP contribution in [-0.4, -0.2) is 5.37 Å². The highest BCUT2D eigenvalue weighted by atomic mass is 32.1. The van der Waals surface area contributed by atoms with E-state index < -0.39 is 0 Å². The van der Waals surface area contributed by atoms with Gasteiger partial charge in [-0.3, -0.25) is 0 Å². The van der Waals surface area contributed by atoms with Crippen LogP contribution in [0.4, 0.5) is 0 Å². The Hall–Kier alpha value is -0.170. The predicted octanol–water partition coefficient (Wildman–Crippen LogP) is 3.90. The zero-order valence-electron chi connectivity index (χ0n) is 7.60. The van der Waals surface area contributed by atoms with E-state index in [1.165, 1.54) is 37.7 Å². The lowest BCUT2D eigenvalue weighted by molar-refractivity contribution is 0.674. The molecule has 0 aliphatic carbocycles. The van der Waals surface area contributed by atoms with Crippen LogP contribution in [0.1, 0.15) is 46.0 Å². The molecule has 0 saturated heterocycles. The second-order valence-electron chi connectivity index (χ2n) is 2.92. The number of hydrogen-bond donors (Lipinski definition) is 0. The van der Waals surface area contributed by atoms with Gasteiger partial charge in [0.05, 0.1) is 0 Å². The molecular formula is C10H18S. The van der Waals surface area contributed by atoms with Gasteiger partial charge in [-0.1, -0.05) is 44.5 Å². The van der Waals surface area contributed by atoms with Gasteiger partial charge in [0.15, 0.2) is 0 Å². The largest absolute Gasteiger partial charge is 0.0885 e. The van der Waals surface area contributed by atoms with Crippen LogP contribution in [0.15, 0.2) is 11.6 Å². The Balaban J connectivity index is 3.19. The Kier molecular flexibility index (Phi) is 7.81. The van der Waals surface area contributed by atoms with Crippen molar-refractivity contribution in [2.75, 3.05) is 0 Å². The summed E-state index contributed by atoms with van der Waals surface area (Å²) in [6.07, 6.45) is 8.77. The van der Waals surface area contributed by atoms with Crippen LogP contribution in [-0.2, 0) is 0 Å². The molecule has 0 aromatic heterocycles. The molecule has 0 aliphatic heterocycles. The van der Waals surface area contributed by atoms with Gasteiger partial charge in [0.25, 0.3) is 0 Å². The molecule has 0 aliphatic rings. The highest BCUT2D eigenvalue weighted by Gasteiger charge is 1.85. The molecular weight excluding hydrogens is 152 g/mol. The molecule has 0 aromatic carbocycles. The first-order valence-corrected chi connectivity index (χ1v) is 4.90. The van der Waals surface area contributed by atoms with Gasteiger partial charge in [-0.2, -0.15) is 0 Å². The van der Waals surface area contributed by atoms with E-state index in [1.54, 1.807) is 5.37 Å². The summed E-state index contributed by atoms with van der Waals surface area (Å²) in [7, 11) is 0. The highest BCUT2D eigenvalue weighted by Crippen LogP contribution is 2.04. The molecule has 0 rings (SSSR count). The average molecular weight is 170 g/mol. The highest BCUT2D eigenvalue weighted by molar-refractivity contribution is 7.79. The molecule has 0 heterocycles. The molecule has 0 bridgehead atoms. The second-order valence-corrected chi connectivity index (χ2v) is 3.15. The lowest BCUT2D eigenvalue weighted by Gasteiger charge is -1.94. The van der Waals surface area contributed by atoms with Crippen molar-refractivity contribution >= 4 is 17.6 Å². The molecule has 11 heavy (non-hydrogen) atoms. The minimum atomic E-state index is 1.19. The van der Waals surface area contributed by atoms with Crippen molar-refractivity contribution in [2.24, 2.45) is 0 Å². The van der Waals surface area contributed by atoms with E-state index in [1.807, 2.05) is 0 Å². The molecule has 0 amide bonds. The third-order valence-electron chi connectivity index (χ3n) is 1.71. The molecule has 0 spiro atoms. The van der Waals surface area contributed by atoms with Crippen molar-refractivity contribution in [3.63, 3.8) is 0 Å². The summed E-state index contributed by atoms with van der Waals surface area (Å²) < 4.78 is 0. The van der Waals surface area contributed by atoms with Crippen molar-refractivity contribution < 1.29 is 0 Å². The van der Waals surface area contributed by atoms with Crippen LogP contribution in [0.25, 0.3) is 0 Å². The van der Waals surface area contributed by atoms with Crippen molar-refractivity contribution in [2.45, 2.75) is 46.0 Å². The zero-order valence-corrected chi connectivity index (χ0v) is 8.41. The van der Waals surface area contributed by atoms with Crippen molar-refractivity contribution in [1.82, 2.24) is 0 Å². The van der Waals surface area contributed by atoms with Gasteiger partial charge in [0.1, 0.15) is 0 Å². The Bertz CT molecular complexity index is 125. The Morgan fingerprint density at radius 3 is 2.55 bits per heavy atom. The fraction of sp³-hybridized carbons (Fsp3) is 0.700. The number of thiocarbonyl (C=S) groups is 1. The van der Waals surface area contributed by atoms with Gasteiger partial charge in [0.2, 0.25) is 0 Å². The summed E-state index contributed by atoms with van der Waals surface area (Å²) in [6, 6.07) is 0. The second kappa shape index (κ2) is 7.93. The van der Waals surface area contributed by atoms with Gasteiger partial charge in [-0.25, -0.2) is 0 Å². The molecule has 0 saturated carbocycles. The molecule has 64 valence electrons. The molecule has 0 atom stereocenters. The quantitative estimate of drug-likeness (QED) is 0.331. The topological polar surface area (TPSA) is 0 Å². The Morgan fingerprint density at radius 2 is 2.00 bits per heavy atom. The molecule has 0 aromatic rings. The van der Waals surface area contributed by atoms with Crippen LogP contribution in [0.5, 0.6) is 0 Å². The summed E-state index contributed by atoms with van der Waals surface area (Å²) in [4.78, 5) is 0. The van der Waals surface area contributed by atoms with Gasteiger partial charge >= 0.3 is 0 Å². The van der Waals surface area contributed by atoms with Crippen LogP contribution in [0, 0.1) is 0 Å². The maximum atomic E-state index is 4.78. The van der Waals surface area contributed by atoms with E-state index in [2.05, 4.69) is 19.9 Å².